The minimum Gasteiger partial charge on any atom is -0.468 e. The molecule has 3 rings (SSSR count). The number of hydrogen-bond acceptors (Lipinski definition) is 5. The average molecular weight is 456 g/mol. The monoisotopic (exact) mass is 456 g/mol. The summed E-state index contributed by atoms with van der Waals surface area (Å²) in [7, 11) is -3.85. The van der Waals surface area contributed by atoms with Crippen LogP contribution in [0.3, 0.4) is 0 Å². The number of thioether (sulfide) groups is 1. The van der Waals surface area contributed by atoms with Gasteiger partial charge in [-0.2, -0.15) is 13.2 Å². The molecule has 3 aromatic rings. The van der Waals surface area contributed by atoms with Crippen molar-refractivity contribution in [3.05, 3.63) is 78.3 Å². The van der Waals surface area contributed by atoms with Gasteiger partial charge in [0.1, 0.15) is 5.76 Å². The van der Waals surface area contributed by atoms with E-state index in [9.17, 15) is 26.4 Å². The molecule has 0 spiro atoms. The van der Waals surface area contributed by atoms with E-state index in [1.165, 1.54) is 54.8 Å². The van der Waals surface area contributed by atoms with E-state index >= 15 is 0 Å². The maximum atomic E-state index is 12.4. The minimum atomic E-state index is -4.42. The molecule has 0 aliphatic carbocycles. The van der Waals surface area contributed by atoms with E-state index < -0.39 is 21.4 Å². The second kappa shape index (κ2) is 8.94. The standard InChI is InChI=1S/C19H15F3N2O4S2/c20-19(21,22)29-16-8-6-13(7-9-16)18(25)24-14-3-1-5-17(11-14)30(26,27)23-12-15-4-2-10-28-15/h1-11,23H,12H2,(H,24,25). The number of alkyl halides is 3. The van der Waals surface area contributed by atoms with Crippen molar-refractivity contribution in [3.8, 4) is 0 Å². The largest absolute Gasteiger partial charge is 0.468 e. The van der Waals surface area contributed by atoms with Crippen LogP contribution in [0, 0.1) is 0 Å². The molecule has 158 valence electrons. The van der Waals surface area contributed by atoms with Crippen LogP contribution in [-0.4, -0.2) is 19.8 Å². The lowest BCUT2D eigenvalue weighted by atomic mass is 10.2. The zero-order valence-corrected chi connectivity index (χ0v) is 16.8. The van der Waals surface area contributed by atoms with Crippen LogP contribution in [0.1, 0.15) is 16.1 Å². The molecule has 0 aliphatic rings. The molecule has 2 N–H and O–H groups in total. The second-order valence-corrected chi connectivity index (χ2v) is 8.86. The molecule has 0 atom stereocenters. The lowest BCUT2D eigenvalue weighted by Crippen LogP contribution is -2.23. The van der Waals surface area contributed by atoms with Gasteiger partial charge in [-0.3, -0.25) is 4.79 Å². The normalized spacial score (nSPS) is 12.0. The van der Waals surface area contributed by atoms with E-state index in [1.54, 1.807) is 12.1 Å². The van der Waals surface area contributed by atoms with Gasteiger partial charge < -0.3 is 9.73 Å². The van der Waals surface area contributed by atoms with Crippen LogP contribution in [-0.2, 0) is 16.6 Å². The van der Waals surface area contributed by atoms with Gasteiger partial charge >= 0.3 is 5.51 Å². The molecule has 0 radical (unpaired) electrons. The molecule has 1 heterocycles. The average Bonchev–Trinajstić information content (AvgIpc) is 3.20. The van der Waals surface area contributed by atoms with Gasteiger partial charge in [0.05, 0.1) is 17.7 Å². The van der Waals surface area contributed by atoms with Crippen molar-refractivity contribution in [2.24, 2.45) is 0 Å². The number of nitrogens with one attached hydrogen (secondary N) is 2. The topological polar surface area (TPSA) is 88.4 Å². The first-order valence-electron chi connectivity index (χ1n) is 8.42. The molecule has 0 saturated heterocycles. The van der Waals surface area contributed by atoms with Crippen molar-refractivity contribution in [2.45, 2.75) is 21.8 Å². The van der Waals surface area contributed by atoms with Crippen molar-refractivity contribution in [3.63, 3.8) is 0 Å². The Kier molecular flexibility index (Phi) is 6.54. The number of benzene rings is 2. The third-order valence-electron chi connectivity index (χ3n) is 3.77. The smallest absolute Gasteiger partial charge is 0.446 e. The Hall–Kier alpha value is -2.76. The predicted molar refractivity (Wildman–Crippen MR) is 105 cm³/mol. The quantitative estimate of drug-likeness (QED) is 0.507. The van der Waals surface area contributed by atoms with E-state index in [1.807, 2.05) is 0 Å². The summed E-state index contributed by atoms with van der Waals surface area (Å²) in [6.07, 6.45) is 1.42. The zero-order valence-electron chi connectivity index (χ0n) is 15.1. The van der Waals surface area contributed by atoms with Crippen molar-refractivity contribution in [1.82, 2.24) is 4.72 Å². The van der Waals surface area contributed by atoms with Gasteiger partial charge in [0, 0.05) is 16.1 Å². The van der Waals surface area contributed by atoms with Gasteiger partial charge in [-0.25, -0.2) is 13.1 Å². The number of carbonyl (C=O) groups excluding carboxylic acids is 1. The molecule has 1 amide bonds. The van der Waals surface area contributed by atoms with Gasteiger partial charge in [-0.1, -0.05) is 6.07 Å². The first kappa shape index (κ1) is 21.9. The Morgan fingerprint density at radius 3 is 2.40 bits per heavy atom. The lowest BCUT2D eigenvalue weighted by Gasteiger charge is -2.10. The Labute approximate surface area is 174 Å². The van der Waals surface area contributed by atoms with E-state index in [0.29, 0.717) is 5.76 Å². The number of anilines is 1. The number of rotatable bonds is 7. The molecule has 1 aromatic heterocycles. The van der Waals surface area contributed by atoms with Crippen LogP contribution < -0.4 is 10.0 Å². The van der Waals surface area contributed by atoms with Crippen LogP contribution in [0.25, 0.3) is 0 Å². The maximum Gasteiger partial charge on any atom is 0.446 e. The van der Waals surface area contributed by atoms with Gasteiger partial charge in [-0.05, 0) is 66.4 Å². The van der Waals surface area contributed by atoms with Gasteiger partial charge in [0.2, 0.25) is 10.0 Å². The Morgan fingerprint density at radius 2 is 1.77 bits per heavy atom. The van der Waals surface area contributed by atoms with Crippen molar-refractivity contribution in [1.29, 1.82) is 0 Å². The summed E-state index contributed by atoms with van der Waals surface area (Å²) in [6.45, 7) is -0.0335. The fourth-order valence-corrected chi connectivity index (χ4v) is 3.99. The number of furan rings is 1. The van der Waals surface area contributed by atoms with E-state index in [-0.39, 0.29) is 39.3 Å². The molecule has 0 fully saturated rings. The summed E-state index contributed by atoms with van der Waals surface area (Å²) in [5.41, 5.74) is -4.07. The number of hydrogen-bond donors (Lipinski definition) is 2. The van der Waals surface area contributed by atoms with Crippen molar-refractivity contribution < 1.29 is 30.8 Å². The van der Waals surface area contributed by atoms with Crippen LogP contribution in [0.5, 0.6) is 0 Å². The molecule has 0 unspecified atom stereocenters. The van der Waals surface area contributed by atoms with Crippen LogP contribution in [0.4, 0.5) is 18.9 Å². The van der Waals surface area contributed by atoms with Crippen molar-refractivity contribution in [2.75, 3.05) is 5.32 Å². The fourth-order valence-electron chi connectivity index (χ4n) is 2.41. The third kappa shape index (κ3) is 6.12. The highest BCUT2D eigenvalue weighted by Gasteiger charge is 2.29. The molecule has 6 nitrogen and oxygen atoms in total. The summed E-state index contributed by atoms with van der Waals surface area (Å²) in [5, 5.41) is 2.53. The highest BCUT2D eigenvalue weighted by Crippen LogP contribution is 2.36. The van der Waals surface area contributed by atoms with E-state index in [2.05, 4.69) is 10.0 Å². The Morgan fingerprint density at radius 1 is 1.03 bits per heavy atom. The van der Waals surface area contributed by atoms with Crippen LogP contribution >= 0.6 is 11.8 Å². The van der Waals surface area contributed by atoms with E-state index in [4.69, 9.17) is 4.42 Å². The second-order valence-electron chi connectivity index (χ2n) is 5.96. The molecular weight excluding hydrogens is 441 g/mol. The highest BCUT2D eigenvalue weighted by atomic mass is 32.2. The maximum absolute atomic E-state index is 12.4. The van der Waals surface area contributed by atoms with Crippen molar-refractivity contribution >= 4 is 33.4 Å². The minimum absolute atomic E-state index is 0.0335. The summed E-state index contributed by atoms with van der Waals surface area (Å²) < 4.78 is 69.5. The number of sulfonamides is 1. The molecule has 0 saturated carbocycles. The highest BCUT2D eigenvalue weighted by molar-refractivity contribution is 8.00. The third-order valence-corrected chi connectivity index (χ3v) is 5.91. The first-order chi connectivity index (χ1) is 14.1. The van der Waals surface area contributed by atoms with E-state index in [0.717, 1.165) is 0 Å². The van der Waals surface area contributed by atoms with Crippen LogP contribution in [0.15, 0.2) is 81.1 Å². The van der Waals surface area contributed by atoms with Crippen LogP contribution in [0.2, 0.25) is 0 Å². The van der Waals surface area contributed by atoms with Gasteiger partial charge in [-0.15, -0.1) is 0 Å². The lowest BCUT2D eigenvalue weighted by molar-refractivity contribution is -0.0328. The number of amides is 1. The fraction of sp³-hybridized carbons (Fsp3) is 0.105. The zero-order chi connectivity index (χ0) is 21.8. The van der Waals surface area contributed by atoms with Gasteiger partial charge in [0.15, 0.2) is 0 Å². The number of halogens is 3. The van der Waals surface area contributed by atoms with Gasteiger partial charge in [0.25, 0.3) is 5.91 Å². The molecule has 11 heteroatoms. The molecule has 30 heavy (non-hydrogen) atoms. The molecule has 0 aliphatic heterocycles. The summed E-state index contributed by atoms with van der Waals surface area (Å²) in [6, 6.07) is 13.7. The Balaban J connectivity index is 1.67. The summed E-state index contributed by atoms with van der Waals surface area (Å²) >= 11 is -0.279. The SMILES string of the molecule is O=C(Nc1cccc(S(=O)(=O)NCc2ccco2)c1)c1ccc(SC(F)(F)F)cc1. The molecular formula is C19H15F3N2O4S2. The number of carbonyl (C=O) groups is 1. The Bertz CT molecular complexity index is 1110. The molecule has 0 bridgehead atoms. The first-order valence-corrected chi connectivity index (χ1v) is 10.7. The summed E-state index contributed by atoms with van der Waals surface area (Å²) in [5.74, 6) is -0.146. The molecule has 2 aromatic carbocycles. The predicted octanol–water partition coefficient (Wildman–Crippen LogP) is 4.62. The summed E-state index contributed by atoms with van der Waals surface area (Å²) in [4.78, 5) is 12.2.